The fourth-order valence-corrected chi connectivity index (χ4v) is 2.52. The van der Waals surface area contributed by atoms with E-state index in [2.05, 4.69) is 27.3 Å². The van der Waals surface area contributed by atoms with Crippen molar-refractivity contribution in [3.63, 3.8) is 0 Å². The molecule has 1 unspecified atom stereocenters. The maximum Gasteiger partial charge on any atom is 0.101 e. The summed E-state index contributed by atoms with van der Waals surface area (Å²) < 4.78 is 0.892. The van der Waals surface area contributed by atoms with Gasteiger partial charge in [0.15, 0.2) is 0 Å². The van der Waals surface area contributed by atoms with E-state index in [-0.39, 0.29) is 12.6 Å². The number of anilines is 1. The van der Waals surface area contributed by atoms with E-state index in [1.807, 2.05) is 18.4 Å². The minimum atomic E-state index is 0.149. The topological polar surface area (TPSA) is 56.0 Å². The molecule has 0 fully saturated rings. The van der Waals surface area contributed by atoms with E-state index in [1.165, 1.54) is 0 Å². The molecule has 0 saturated carbocycles. The summed E-state index contributed by atoms with van der Waals surface area (Å²) in [6.45, 7) is 0.149. The van der Waals surface area contributed by atoms with E-state index in [4.69, 9.17) is 10.4 Å². The predicted molar refractivity (Wildman–Crippen MR) is 76.4 cm³/mol. The van der Waals surface area contributed by atoms with Crippen LogP contribution in [0.25, 0.3) is 0 Å². The summed E-state index contributed by atoms with van der Waals surface area (Å²) in [6.07, 6.45) is 2.71. The zero-order valence-electron chi connectivity index (χ0n) is 9.61. The van der Waals surface area contributed by atoms with Crippen LogP contribution in [0.3, 0.4) is 0 Å². The lowest BCUT2D eigenvalue weighted by Crippen LogP contribution is -2.24. The van der Waals surface area contributed by atoms with Crippen LogP contribution in [0.5, 0.6) is 0 Å². The molecule has 1 atom stereocenters. The highest BCUT2D eigenvalue weighted by atomic mass is 79.9. The normalized spacial score (nSPS) is 11.9. The van der Waals surface area contributed by atoms with Crippen LogP contribution in [0.4, 0.5) is 5.69 Å². The van der Waals surface area contributed by atoms with Gasteiger partial charge in [-0.1, -0.05) is 15.9 Å². The smallest absolute Gasteiger partial charge is 0.101 e. The van der Waals surface area contributed by atoms with E-state index in [1.54, 1.807) is 17.8 Å². The number of nitriles is 1. The van der Waals surface area contributed by atoms with Crippen molar-refractivity contribution >= 4 is 33.4 Å². The van der Waals surface area contributed by atoms with Crippen LogP contribution >= 0.6 is 27.7 Å². The number of hydrogen-bond donors (Lipinski definition) is 2. The van der Waals surface area contributed by atoms with Gasteiger partial charge in [0.2, 0.25) is 0 Å². The molecule has 92 valence electrons. The number of aliphatic hydroxyl groups excluding tert-OH is 1. The average Bonchev–Trinajstić information content (AvgIpc) is 2.32. The van der Waals surface area contributed by atoms with Crippen molar-refractivity contribution in [3.05, 3.63) is 28.2 Å². The SMILES string of the molecule is CSCC(CCO)Nc1ccc(Br)cc1C#N. The Morgan fingerprint density at radius 3 is 2.94 bits per heavy atom. The number of nitrogens with one attached hydrogen (secondary N) is 1. The molecule has 5 heteroatoms. The van der Waals surface area contributed by atoms with Gasteiger partial charge in [-0.25, -0.2) is 0 Å². The van der Waals surface area contributed by atoms with Crippen molar-refractivity contribution in [1.29, 1.82) is 5.26 Å². The van der Waals surface area contributed by atoms with Gasteiger partial charge in [-0.3, -0.25) is 0 Å². The molecule has 0 aromatic heterocycles. The fourth-order valence-electron chi connectivity index (χ4n) is 1.51. The Morgan fingerprint density at radius 1 is 1.59 bits per heavy atom. The third kappa shape index (κ3) is 4.58. The number of rotatable bonds is 6. The van der Waals surface area contributed by atoms with Crippen LogP contribution in [-0.2, 0) is 0 Å². The van der Waals surface area contributed by atoms with Crippen LogP contribution in [0.2, 0.25) is 0 Å². The third-order valence-electron chi connectivity index (χ3n) is 2.31. The molecule has 1 aromatic rings. The highest BCUT2D eigenvalue weighted by molar-refractivity contribution is 9.10. The summed E-state index contributed by atoms with van der Waals surface area (Å²) >= 11 is 5.06. The van der Waals surface area contributed by atoms with Crippen LogP contribution < -0.4 is 5.32 Å². The first-order valence-electron chi connectivity index (χ1n) is 5.27. The summed E-state index contributed by atoms with van der Waals surface area (Å²) in [5, 5.41) is 21.3. The summed E-state index contributed by atoms with van der Waals surface area (Å²) in [5.41, 5.74) is 1.44. The highest BCUT2D eigenvalue weighted by Gasteiger charge is 2.10. The summed E-state index contributed by atoms with van der Waals surface area (Å²) in [4.78, 5) is 0. The molecular weight excluding hydrogens is 300 g/mol. The van der Waals surface area contributed by atoms with Crippen LogP contribution in [0.1, 0.15) is 12.0 Å². The standard InChI is InChI=1S/C12H15BrN2OS/c1-17-8-11(4-5-16)15-12-3-2-10(13)6-9(12)7-14/h2-3,6,11,15-16H,4-5,8H2,1H3. The molecule has 1 rings (SSSR count). The summed E-state index contributed by atoms with van der Waals surface area (Å²) in [7, 11) is 0. The van der Waals surface area contributed by atoms with Crippen LogP contribution in [0.15, 0.2) is 22.7 Å². The molecule has 0 bridgehead atoms. The van der Waals surface area contributed by atoms with Crippen molar-refractivity contribution in [3.8, 4) is 6.07 Å². The first kappa shape index (κ1) is 14.4. The van der Waals surface area contributed by atoms with Crippen LogP contribution in [-0.4, -0.2) is 29.8 Å². The maximum atomic E-state index is 9.05. The van der Waals surface area contributed by atoms with Gasteiger partial charge in [0.1, 0.15) is 6.07 Å². The Balaban J connectivity index is 2.81. The number of benzene rings is 1. The Morgan fingerprint density at radius 2 is 2.35 bits per heavy atom. The molecule has 3 nitrogen and oxygen atoms in total. The number of thioether (sulfide) groups is 1. The Kier molecular flexibility index (Phi) is 6.41. The first-order valence-corrected chi connectivity index (χ1v) is 7.46. The van der Waals surface area contributed by atoms with E-state index in [0.29, 0.717) is 12.0 Å². The minimum Gasteiger partial charge on any atom is -0.396 e. The van der Waals surface area contributed by atoms with Crippen molar-refractivity contribution in [2.24, 2.45) is 0 Å². The average molecular weight is 315 g/mol. The molecule has 0 heterocycles. The summed E-state index contributed by atoms with van der Waals surface area (Å²) in [5.74, 6) is 0.904. The largest absolute Gasteiger partial charge is 0.396 e. The van der Waals surface area contributed by atoms with E-state index in [0.717, 1.165) is 15.9 Å². The first-order chi connectivity index (χ1) is 8.21. The van der Waals surface area contributed by atoms with Gasteiger partial charge in [-0.2, -0.15) is 17.0 Å². The zero-order valence-corrected chi connectivity index (χ0v) is 12.0. The molecule has 0 aliphatic carbocycles. The molecule has 2 N–H and O–H groups in total. The van der Waals surface area contributed by atoms with Crippen molar-refractivity contribution in [1.82, 2.24) is 0 Å². The van der Waals surface area contributed by atoms with Crippen molar-refractivity contribution < 1.29 is 5.11 Å². The lowest BCUT2D eigenvalue weighted by Gasteiger charge is -2.18. The Bertz CT molecular complexity index is 400. The van der Waals surface area contributed by atoms with Gasteiger partial charge in [0.05, 0.1) is 11.3 Å². The van der Waals surface area contributed by atoms with Crippen molar-refractivity contribution in [2.45, 2.75) is 12.5 Å². The fraction of sp³-hybridized carbons (Fsp3) is 0.417. The third-order valence-corrected chi connectivity index (χ3v) is 3.54. The lowest BCUT2D eigenvalue weighted by molar-refractivity contribution is 0.282. The molecule has 0 aliphatic heterocycles. The number of nitrogens with zero attached hydrogens (tertiary/aromatic N) is 1. The quantitative estimate of drug-likeness (QED) is 0.847. The number of hydrogen-bond acceptors (Lipinski definition) is 4. The van der Waals surface area contributed by atoms with E-state index in [9.17, 15) is 0 Å². The van der Waals surface area contributed by atoms with Crippen molar-refractivity contribution in [2.75, 3.05) is 23.9 Å². The van der Waals surface area contributed by atoms with Gasteiger partial charge >= 0.3 is 0 Å². The number of aliphatic hydroxyl groups is 1. The summed E-state index contributed by atoms with van der Waals surface area (Å²) in [6, 6.07) is 7.92. The second-order valence-corrected chi connectivity index (χ2v) is 5.44. The van der Waals surface area contributed by atoms with Gasteiger partial charge in [0, 0.05) is 22.9 Å². The Labute approximate surface area is 114 Å². The van der Waals surface area contributed by atoms with Gasteiger partial charge in [-0.05, 0) is 30.9 Å². The Hall–Kier alpha value is -0.700. The zero-order chi connectivity index (χ0) is 12.7. The second kappa shape index (κ2) is 7.59. The van der Waals surface area contributed by atoms with E-state index < -0.39 is 0 Å². The van der Waals surface area contributed by atoms with E-state index >= 15 is 0 Å². The lowest BCUT2D eigenvalue weighted by atomic mass is 10.1. The predicted octanol–water partition coefficient (Wildman–Crippen LogP) is 2.85. The van der Waals surface area contributed by atoms with Gasteiger partial charge in [0.25, 0.3) is 0 Å². The molecule has 0 aliphatic rings. The second-order valence-electron chi connectivity index (χ2n) is 3.61. The highest BCUT2D eigenvalue weighted by Crippen LogP contribution is 2.22. The van der Waals surface area contributed by atoms with Gasteiger partial charge < -0.3 is 10.4 Å². The molecule has 0 saturated heterocycles. The molecule has 0 spiro atoms. The van der Waals surface area contributed by atoms with Gasteiger partial charge in [-0.15, -0.1) is 0 Å². The molecule has 1 aromatic carbocycles. The molecular formula is C12H15BrN2OS. The van der Waals surface area contributed by atoms with Crippen LogP contribution in [0, 0.1) is 11.3 Å². The maximum absolute atomic E-state index is 9.05. The monoisotopic (exact) mass is 314 g/mol. The minimum absolute atomic E-state index is 0.149. The number of halogens is 1. The molecule has 0 radical (unpaired) electrons. The molecule has 0 amide bonds. The molecule has 17 heavy (non-hydrogen) atoms.